The third-order valence-electron chi connectivity index (χ3n) is 2.90. The smallest absolute Gasteiger partial charge is 0.309 e. The average Bonchev–Trinajstić information content (AvgIpc) is 2.39. The van der Waals surface area contributed by atoms with Gasteiger partial charge in [-0.2, -0.15) is 13.2 Å². The van der Waals surface area contributed by atoms with Gasteiger partial charge in [0.1, 0.15) is 0 Å². The van der Waals surface area contributed by atoms with Gasteiger partial charge in [-0.1, -0.05) is 12.1 Å². The lowest BCUT2D eigenvalue weighted by atomic mass is 9.98. The second kappa shape index (κ2) is 5.93. The van der Waals surface area contributed by atoms with Gasteiger partial charge in [-0.3, -0.25) is 4.98 Å². The number of hydrogen-bond donors (Lipinski definition) is 1. The molecule has 0 bridgehead atoms. The predicted octanol–water partition coefficient (Wildman–Crippen LogP) is 4.17. The fraction of sp³-hybridized carbons (Fsp3) is 0.214. The molecule has 0 spiro atoms. The highest BCUT2D eigenvalue weighted by atomic mass is 79.9. The molecule has 1 N–H and O–H groups in total. The van der Waals surface area contributed by atoms with Crippen molar-refractivity contribution in [1.82, 2.24) is 10.3 Å². The zero-order valence-electron chi connectivity index (χ0n) is 10.6. The van der Waals surface area contributed by atoms with E-state index in [1.165, 1.54) is 6.07 Å². The molecule has 1 heterocycles. The van der Waals surface area contributed by atoms with Crippen molar-refractivity contribution in [2.45, 2.75) is 12.2 Å². The lowest BCUT2D eigenvalue weighted by Crippen LogP contribution is -2.18. The summed E-state index contributed by atoms with van der Waals surface area (Å²) in [4.78, 5) is 4.04. The van der Waals surface area contributed by atoms with Gasteiger partial charge >= 0.3 is 6.18 Å². The van der Waals surface area contributed by atoms with Crippen LogP contribution < -0.4 is 5.32 Å². The first-order valence-electron chi connectivity index (χ1n) is 5.86. The molecule has 0 aliphatic heterocycles. The molecule has 0 saturated heterocycles. The highest BCUT2D eigenvalue weighted by molar-refractivity contribution is 9.10. The standard InChI is InChI=1S/C14H12BrF3N2/c1-19-13(10-6-12(15)8-20-7-10)9-3-2-4-11(5-9)14(16,17)18/h2-8,13,19H,1H3. The van der Waals surface area contributed by atoms with Gasteiger partial charge in [-0.05, 0) is 52.3 Å². The van der Waals surface area contributed by atoms with E-state index in [1.54, 1.807) is 25.5 Å². The number of alkyl halides is 3. The van der Waals surface area contributed by atoms with Crippen LogP contribution in [0.2, 0.25) is 0 Å². The second-order valence-corrected chi connectivity index (χ2v) is 5.20. The Morgan fingerprint density at radius 3 is 2.50 bits per heavy atom. The molecule has 6 heteroatoms. The number of nitrogens with zero attached hydrogens (tertiary/aromatic N) is 1. The van der Waals surface area contributed by atoms with Gasteiger partial charge in [0, 0.05) is 16.9 Å². The number of halogens is 4. The molecule has 2 rings (SSSR count). The summed E-state index contributed by atoms with van der Waals surface area (Å²) < 4.78 is 39.1. The van der Waals surface area contributed by atoms with E-state index in [4.69, 9.17) is 0 Å². The van der Waals surface area contributed by atoms with E-state index >= 15 is 0 Å². The molecule has 0 amide bonds. The van der Waals surface area contributed by atoms with Crippen LogP contribution in [-0.2, 0) is 6.18 Å². The molecule has 2 nitrogen and oxygen atoms in total. The quantitative estimate of drug-likeness (QED) is 0.903. The largest absolute Gasteiger partial charge is 0.416 e. The van der Waals surface area contributed by atoms with Crippen LogP contribution >= 0.6 is 15.9 Å². The van der Waals surface area contributed by atoms with Crippen molar-refractivity contribution in [3.63, 3.8) is 0 Å². The number of rotatable bonds is 3. The fourth-order valence-electron chi connectivity index (χ4n) is 2.01. The molecule has 20 heavy (non-hydrogen) atoms. The Bertz CT molecular complexity index is 599. The van der Waals surface area contributed by atoms with Crippen molar-refractivity contribution in [3.05, 3.63) is 63.9 Å². The first-order valence-corrected chi connectivity index (χ1v) is 6.66. The number of pyridine rings is 1. The Morgan fingerprint density at radius 1 is 1.15 bits per heavy atom. The van der Waals surface area contributed by atoms with E-state index in [0.29, 0.717) is 5.56 Å². The predicted molar refractivity (Wildman–Crippen MR) is 74.3 cm³/mol. The van der Waals surface area contributed by atoms with Crippen LogP contribution in [0.5, 0.6) is 0 Å². The minimum Gasteiger partial charge on any atom is -0.309 e. The number of hydrogen-bond acceptors (Lipinski definition) is 2. The Balaban J connectivity index is 2.42. The molecule has 0 saturated carbocycles. The van der Waals surface area contributed by atoms with Gasteiger partial charge in [-0.15, -0.1) is 0 Å². The third-order valence-corrected chi connectivity index (χ3v) is 3.33. The fourth-order valence-corrected chi connectivity index (χ4v) is 2.39. The normalized spacial score (nSPS) is 13.2. The Hall–Kier alpha value is -1.40. The molecule has 2 aromatic rings. The van der Waals surface area contributed by atoms with Crippen molar-refractivity contribution >= 4 is 15.9 Å². The van der Waals surface area contributed by atoms with Crippen LogP contribution in [0.25, 0.3) is 0 Å². The highest BCUT2D eigenvalue weighted by Gasteiger charge is 2.31. The number of nitrogens with one attached hydrogen (secondary N) is 1. The average molecular weight is 345 g/mol. The van der Waals surface area contributed by atoms with Crippen LogP contribution in [0.1, 0.15) is 22.7 Å². The van der Waals surface area contributed by atoms with E-state index in [0.717, 1.165) is 22.2 Å². The van der Waals surface area contributed by atoms with E-state index in [-0.39, 0.29) is 6.04 Å². The van der Waals surface area contributed by atoms with Crippen molar-refractivity contribution in [2.75, 3.05) is 7.05 Å². The lowest BCUT2D eigenvalue weighted by molar-refractivity contribution is -0.137. The van der Waals surface area contributed by atoms with Gasteiger partial charge in [-0.25, -0.2) is 0 Å². The zero-order valence-corrected chi connectivity index (χ0v) is 12.2. The van der Waals surface area contributed by atoms with Crippen molar-refractivity contribution in [3.8, 4) is 0 Å². The lowest BCUT2D eigenvalue weighted by Gasteiger charge is -2.18. The molecule has 1 atom stereocenters. The summed E-state index contributed by atoms with van der Waals surface area (Å²) in [5.74, 6) is 0. The maximum Gasteiger partial charge on any atom is 0.416 e. The molecule has 106 valence electrons. The topological polar surface area (TPSA) is 24.9 Å². The van der Waals surface area contributed by atoms with Crippen molar-refractivity contribution < 1.29 is 13.2 Å². The van der Waals surface area contributed by atoms with E-state index in [2.05, 4.69) is 26.2 Å². The monoisotopic (exact) mass is 344 g/mol. The minimum absolute atomic E-state index is 0.345. The third kappa shape index (κ3) is 3.37. The summed E-state index contributed by atoms with van der Waals surface area (Å²) in [6.07, 6.45) is -1.08. The van der Waals surface area contributed by atoms with Crippen molar-refractivity contribution in [2.24, 2.45) is 0 Å². The van der Waals surface area contributed by atoms with Crippen LogP contribution in [0.3, 0.4) is 0 Å². The molecule has 0 radical (unpaired) electrons. The summed E-state index contributed by atoms with van der Waals surface area (Å²) in [5, 5.41) is 3.01. The maximum absolute atomic E-state index is 12.8. The molecule has 0 aliphatic carbocycles. The van der Waals surface area contributed by atoms with Gasteiger partial charge in [0.25, 0.3) is 0 Å². The van der Waals surface area contributed by atoms with E-state index in [1.807, 2.05) is 6.07 Å². The first-order chi connectivity index (χ1) is 9.41. The molecule has 0 fully saturated rings. The van der Waals surface area contributed by atoms with Gasteiger partial charge in [0.2, 0.25) is 0 Å². The maximum atomic E-state index is 12.8. The van der Waals surface area contributed by atoms with Gasteiger partial charge in [0.15, 0.2) is 0 Å². The minimum atomic E-state index is -4.34. The van der Waals surface area contributed by atoms with Gasteiger partial charge < -0.3 is 5.32 Å². The first kappa shape index (κ1) is 15.0. The zero-order chi connectivity index (χ0) is 14.8. The summed E-state index contributed by atoms with van der Waals surface area (Å²) in [7, 11) is 1.70. The van der Waals surface area contributed by atoms with Crippen molar-refractivity contribution in [1.29, 1.82) is 0 Å². The SMILES string of the molecule is CNC(c1cncc(Br)c1)c1cccc(C(F)(F)F)c1. The Morgan fingerprint density at radius 2 is 1.90 bits per heavy atom. The molecular weight excluding hydrogens is 333 g/mol. The highest BCUT2D eigenvalue weighted by Crippen LogP contribution is 2.32. The van der Waals surface area contributed by atoms with Crippen LogP contribution in [0.15, 0.2) is 47.2 Å². The summed E-state index contributed by atoms with van der Waals surface area (Å²) in [6.45, 7) is 0. The Kier molecular flexibility index (Phi) is 4.45. The molecule has 1 aromatic carbocycles. The molecule has 0 aliphatic rings. The second-order valence-electron chi connectivity index (χ2n) is 4.28. The molecule has 1 unspecified atom stereocenters. The van der Waals surface area contributed by atoms with E-state index in [9.17, 15) is 13.2 Å². The van der Waals surface area contributed by atoms with E-state index < -0.39 is 11.7 Å². The van der Waals surface area contributed by atoms with Gasteiger partial charge in [0.05, 0.1) is 11.6 Å². The Labute approximate surface area is 123 Å². The summed E-state index contributed by atoms with van der Waals surface area (Å²) in [6, 6.07) is 6.78. The molecule has 1 aromatic heterocycles. The number of aromatic nitrogens is 1. The molecular formula is C14H12BrF3N2. The number of benzene rings is 1. The summed E-state index contributed by atoms with van der Waals surface area (Å²) in [5.41, 5.74) is 0.682. The van der Waals surface area contributed by atoms with Crippen LogP contribution in [-0.4, -0.2) is 12.0 Å². The van der Waals surface area contributed by atoms with Crippen LogP contribution in [0.4, 0.5) is 13.2 Å². The van der Waals surface area contributed by atoms with Crippen LogP contribution in [0, 0.1) is 0 Å². The summed E-state index contributed by atoms with van der Waals surface area (Å²) >= 11 is 3.31.